The molecular formula is C19H23N3O3S2. The fourth-order valence-corrected chi connectivity index (χ4v) is 5.09. The average Bonchev–Trinajstić information content (AvgIpc) is 3.10. The first-order chi connectivity index (χ1) is 12.7. The number of nitrogens with one attached hydrogen (secondary N) is 1. The molecule has 0 spiro atoms. The molecule has 0 aliphatic rings. The van der Waals surface area contributed by atoms with E-state index in [0.717, 1.165) is 21.3 Å². The van der Waals surface area contributed by atoms with Crippen LogP contribution < -0.4 is 9.46 Å². The average molecular weight is 406 g/mol. The molecule has 0 aliphatic heterocycles. The number of benzene rings is 1. The van der Waals surface area contributed by atoms with Gasteiger partial charge in [0.1, 0.15) is 15.7 Å². The lowest BCUT2D eigenvalue weighted by molar-refractivity contribution is 0.342. The van der Waals surface area contributed by atoms with Crippen LogP contribution in [0.1, 0.15) is 23.2 Å². The summed E-state index contributed by atoms with van der Waals surface area (Å²) >= 11 is 1.56. The highest BCUT2D eigenvalue weighted by molar-refractivity contribution is 7.92. The van der Waals surface area contributed by atoms with Crippen LogP contribution in [-0.4, -0.2) is 24.6 Å². The fourth-order valence-electron chi connectivity index (χ4n) is 2.76. The van der Waals surface area contributed by atoms with Crippen LogP contribution in [-0.2, 0) is 17.1 Å². The molecule has 0 saturated carbocycles. The minimum Gasteiger partial charge on any atom is -0.492 e. The first kappa shape index (κ1) is 19.4. The minimum atomic E-state index is -3.77. The van der Waals surface area contributed by atoms with Gasteiger partial charge in [0, 0.05) is 17.6 Å². The number of thiazole rings is 1. The lowest BCUT2D eigenvalue weighted by Crippen LogP contribution is -2.14. The van der Waals surface area contributed by atoms with Crippen molar-refractivity contribution < 1.29 is 13.2 Å². The smallest absolute Gasteiger partial charge is 0.263 e. The first-order valence-electron chi connectivity index (χ1n) is 8.60. The number of hydrogen-bond donors (Lipinski definition) is 1. The molecule has 2 heterocycles. The Morgan fingerprint density at radius 1 is 1.22 bits per heavy atom. The third-order valence-electron chi connectivity index (χ3n) is 4.46. The second kappa shape index (κ2) is 7.36. The van der Waals surface area contributed by atoms with Gasteiger partial charge >= 0.3 is 0 Å². The SMILES string of the molecule is CCOc1ccccc1NS(=O)(=O)c1cc(-c2nc(C)c(C)s2)n(C)c1C. The summed E-state index contributed by atoms with van der Waals surface area (Å²) in [5, 5.41) is 0.812. The van der Waals surface area contributed by atoms with Crippen molar-refractivity contribution in [3.05, 3.63) is 46.6 Å². The number of hydrogen-bond acceptors (Lipinski definition) is 5. The molecule has 8 heteroatoms. The van der Waals surface area contributed by atoms with Crippen molar-refractivity contribution in [1.29, 1.82) is 0 Å². The topological polar surface area (TPSA) is 73.2 Å². The molecule has 0 bridgehead atoms. The molecule has 3 rings (SSSR count). The van der Waals surface area contributed by atoms with Crippen molar-refractivity contribution in [3.63, 3.8) is 0 Å². The third kappa shape index (κ3) is 3.72. The number of sulfonamides is 1. The molecule has 0 unspecified atom stereocenters. The summed E-state index contributed by atoms with van der Waals surface area (Å²) in [5.41, 5.74) is 2.82. The minimum absolute atomic E-state index is 0.233. The van der Waals surface area contributed by atoms with Crippen molar-refractivity contribution >= 4 is 27.0 Å². The van der Waals surface area contributed by atoms with E-state index in [1.54, 1.807) is 42.5 Å². The maximum atomic E-state index is 13.1. The molecule has 0 aliphatic carbocycles. The van der Waals surface area contributed by atoms with Gasteiger partial charge in [-0.3, -0.25) is 4.72 Å². The number of nitrogens with zero attached hydrogens (tertiary/aromatic N) is 2. The third-order valence-corrected chi connectivity index (χ3v) is 7.03. The van der Waals surface area contributed by atoms with Gasteiger partial charge in [0.25, 0.3) is 10.0 Å². The zero-order chi connectivity index (χ0) is 19.8. The van der Waals surface area contributed by atoms with Gasteiger partial charge in [-0.15, -0.1) is 11.3 Å². The Bertz CT molecular complexity index is 1060. The van der Waals surface area contributed by atoms with Crippen LogP contribution in [0.2, 0.25) is 0 Å². The number of para-hydroxylation sites is 2. The predicted molar refractivity (Wildman–Crippen MR) is 109 cm³/mol. The van der Waals surface area contributed by atoms with Crippen LogP contribution in [0.4, 0.5) is 5.69 Å². The monoisotopic (exact) mass is 405 g/mol. The molecule has 0 radical (unpaired) electrons. The maximum absolute atomic E-state index is 13.1. The van der Waals surface area contributed by atoms with Crippen molar-refractivity contribution in [2.45, 2.75) is 32.6 Å². The van der Waals surface area contributed by atoms with E-state index in [1.807, 2.05) is 38.5 Å². The molecule has 2 aromatic heterocycles. The molecule has 0 fully saturated rings. The number of aryl methyl sites for hydroxylation is 2. The van der Waals surface area contributed by atoms with Crippen molar-refractivity contribution in [2.75, 3.05) is 11.3 Å². The standard InChI is InChI=1S/C19H23N3O3S2/c1-6-25-17-10-8-7-9-15(17)21-27(23,24)18-11-16(22(5)13(18)3)19-20-12(2)14(4)26-19/h7-11,21H,6H2,1-5H3. The van der Waals surface area contributed by atoms with Gasteiger partial charge in [0.2, 0.25) is 0 Å². The fraction of sp³-hybridized carbons (Fsp3) is 0.316. The Morgan fingerprint density at radius 2 is 1.93 bits per heavy atom. The van der Waals surface area contributed by atoms with Crippen molar-refractivity contribution in [1.82, 2.24) is 9.55 Å². The molecule has 6 nitrogen and oxygen atoms in total. The van der Waals surface area contributed by atoms with E-state index in [9.17, 15) is 8.42 Å². The van der Waals surface area contributed by atoms with Crippen LogP contribution in [0, 0.1) is 20.8 Å². The van der Waals surface area contributed by atoms with Crippen LogP contribution in [0.3, 0.4) is 0 Å². The number of ether oxygens (including phenoxy) is 1. The molecular weight excluding hydrogens is 382 g/mol. The van der Waals surface area contributed by atoms with E-state index in [2.05, 4.69) is 9.71 Å². The molecule has 0 amide bonds. The van der Waals surface area contributed by atoms with E-state index < -0.39 is 10.0 Å². The van der Waals surface area contributed by atoms with E-state index in [1.165, 1.54) is 0 Å². The van der Waals surface area contributed by atoms with Gasteiger partial charge < -0.3 is 9.30 Å². The molecule has 144 valence electrons. The molecule has 1 aromatic carbocycles. The van der Waals surface area contributed by atoms with Crippen LogP contribution in [0.25, 0.3) is 10.7 Å². The molecule has 27 heavy (non-hydrogen) atoms. The summed E-state index contributed by atoms with van der Waals surface area (Å²) in [4.78, 5) is 5.92. The summed E-state index contributed by atoms with van der Waals surface area (Å²) in [6, 6.07) is 8.69. The summed E-state index contributed by atoms with van der Waals surface area (Å²) in [5.74, 6) is 0.503. The van der Waals surface area contributed by atoms with Crippen LogP contribution in [0.5, 0.6) is 5.75 Å². The van der Waals surface area contributed by atoms with E-state index in [0.29, 0.717) is 23.7 Å². The number of aromatic nitrogens is 2. The Morgan fingerprint density at radius 3 is 2.56 bits per heavy atom. The predicted octanol–water partition coefficient (Wildman–Crippen LogP) is 4.27. The highest BCUT2D eigenvalue weighted by Crippen LogP contribution is 2.33. The Balaban J connectivity index is 2.02. The summed E-state index contributed by atoms with van der Waals surface area (Å²) < 4.78 is 36.1. The lowest BCUT2D eigenvalue weighted by atomic mass is 10.3. The van der Waals surface area contributed by atoms with Gasteiger partial charge in [-0.2, -0.15) is 0 Å². The highest BCUT2D eigenvalue weighted by atomic mass is 32.2. The molecule has 0 atom stereocenters. The van der Waals surface area contributed by atoms with E-state index >= 15 is 0 Å². The second-order valence-electron chi connectivity index (χ2n) is 6.23. The normalized spacial score (nSPS) is 11.6. The van der Waals surface area contributed by atoms with E-state index in [-0.39, 0.29) is 4.90 Å². The van der Waals surface area contributed by atoms with Gasteiger partial charge in [0.15, 0.2) is 0 Å². The van der Waals surface area contributed by atoms with Gasteiger partial charge in [-0.1, -0.05) is 12.1 Å². The Labute approximate surface area is 163 Å². The van der Waals surface area contributed by atoms with Gasteiger partial charge in [-0.05, 0) is 45.9 Å². The summed E-state index contributed by atoms with van der Waals surface area (Å²) in [6.07, 6.45) is 0. The van der Waals surface area contributed by atoms with Crippen molar-refractivity contribution in [3.8, 4) is 16.5 Å². The van der Waals surface area contributed by atoms with Gasteiger partial charge in [-0.25, -0.2) is 13.4 Å². The summed E-state index contributed by atoms with van der Waals surface area (Å²) in [6.45, 7) is 8.07. The van der Waals surface area contributed by atoms with E-state index in [4.69, 9.17) is 4.74 Å². The Hall–Kier alpha value is -2.32. The Kier molecular flexibility index (Phi) is 5.30. The first-order valence-corrected chi connectivity index (χ1v) is 10.9. The number of rotatable bonds is 6. The van der Waals surface area contributed by atoms with Gasteiger partial charge in [0.05, 0.1) is 23.7 Å². The zero-order valence-corrected chi connectivity index (χ0v) is 17.7. The van der Waals surface area contributed by atoms with Crippen LogP contribution >= 0.6 is 11.3 Å². The molecule has 3 aromatic rings. The largest absolute Gasteiger partial charge is 0.492 e. The quantitative estimate of drug-likeness (QED) is 0.664. The zero-order valence-electron chi connectivity index (χ0n) is 16.0. The molecule has 1 N–H and O–H groups in total. The highest BCUT2D eigenvalue weighted by Gasteiger charge is 2.24. The molecule has 0 saturated heterocycles. The van der Waals surface area contributed by atoms with Crippen LogP contribution in [0.15, 0.2) is 35.2 Å². The lowest BCUT2D eigenvalue weighted by Gasteiger charge is -2.12. The second-order valence-corrected chi connectivity index (χ2v) is 9.09. The maximum Gasteiger partial charge on any atom is 0.263 e. The van der Waals surface area contributed by atoms with Crippen molar-refractivity contribution in [2.24, 2.45) is 7.05 Å². The summed E-state index contributed by atoms with van der Waals surface area (Å²) in [7, 11) is -1.92. The number of anilines is 1.